The lowest BCUT2D eigenvalue weighted by atomic mass is 10.0. The fourth-order valence-electron chi connectivity index (χ4n) is 1.55. The molecule has 1 rings (SSSR count). The van der Waals surface area contributed by atoms with Crippen molar-refractivity contribution in [2.75, 3.05) is 12.4 Å². The second-order valence-corrected chi connectivity index (χ2v) is 4.53. The molecular weight excluding hydrogens is 230 g/mol. The zero-order chi connectivity index (χ0) is 13.7. The van der Waals surface area contributed by atoms with Crippen LogP contribution >= 0.6 is 0 Å². The first-order valence-electron chi connectivity index (χ1n) is 6.18. The number of methoxy groups -OCH3 is 1. The number of esters is 1. The molecule has 1 aromatic rings. The van der Waals surface area contributed by atoms with Crippen LogP contribution in [0.1, 0.15) is 43.5 Å². The third-order valence-electron chi connectivity index (χ3n) is 3.10. The summed E-state index contributed by atoms with van der Waals surface area (Å²) >= 11 is 0. The lowest BCUT2D eigenvalue weighted by Crippen LogP contribution is -2.24. The number of anilines is 1. The molecule has 0 aliphatic rings. The van der Waals surface area contributed by atoms with E-state index in [4.69, 9.17) is 0 Å². The SMILES string of the molecule is CCC(C)C(C)Nc1cc(C)nc(C(=O)OC)n1. The fraction of sp³-hybridized carbons (Fsp3) is 0.615. The highest BCUT2D eigenvalue weighted by atomic mass is 16.5. The van der Waals surface area contributed by atoms with Crippen LogP contribution in [0.5, 0.6) is 0 Å². The average Bonchev–Trinajstić information content (AvgIpc) is 2.35. The maximum Gasteiger partial charge on any atom is 0.376 e. The van der Waals surface area contributed by atoms with Crippen LogP contribution in [-0.4, -0.2) is 29.1 Å². The summed E-state index contributed by atoms with van der Waals surface area (Å²) in [4.78, 5) is 19.6. The van der Waals surface area contributed by atoms with Crippen molar-refractivity contribution in [2.45, 2.75) is 40.2 Å². The van der Waals surface area contributed by atoms with Crippen molar-refractivity contribution in [1.29, 1.82) is 0 Å². The second-order valence-electron chi connectivity index (χ2n) is 4.53. The summed E-state index contributed by atoms with van der Waals surface area (Å²) in [5.74, 6) is 0.770. The van der Waals surface area contributed by atoms with E-state index in [2.05, 4.69) is 40.8 Å². The maximum absolute atomic E-state index is 11.4. The summed E-state index contributed by atoms with van der Waals surface area (Å²) in [7, 11) is 1.32. The molecule has 0 saturated carbocycles. The first kappa shape index (κ1) is 14.4. The summed E-state index contributed by atoms with van der Waals surface area (Å²) in [6.45, 7) is 8.25. The van der Waals surface area contributed by atoms with Gasteiger partial charge in [-0.05, 0) is 19.8 Å². The number of hydrogen-bond acceptors (Lipinski definition) is 5. The van der Waals surface area contributed by atoms with Crippen molar-refractivity contribution >= 4 is 11.8 Å². The predicted octanol–water partition coefficient (Wildman–Crippen LogP) is 2.42. The minimum atomic E-state index is -0.516. The average molecular weight is 251 g/mol. The molecule has 100 valence electrons. The number of carbonyl (C=O) groups is 1. The van der Waals surface area contributed by atoms with Gasteiger partial charge in [-0.2, -0.15) is 0 Å². The van der Waals surface area contributed by atoms with Crippen LogP contribution in [0.3, 0.4) is 0 Å². The van der Waals surface area contributed by atoms with Crippen LogP contribution in [0, 0.1) is 12.8 Å². The Morgan fingerprint density at radius 2 is 2.11 bits per heavy atom. The van der Waals surface area contributed by atoms with Crippen LogP contribution in [0.2, 0.25) is 0 Å². The molecule has 0 aromatic carbocycles. The fourth-order valence-corrected chi connectivity index (χ4v) is 1.55. The number of rotatable bonds is 5. The highest BCUT2D eigenvalue weighted by Gasteiger charge is 2.14. The van der Waals surface area contributed by atoms with Gasteiger partial charge in [0, 0.05) is 17.8 Å². The van der Waals surface area contributed by atoms with Crippen molar-refractivity contribution in [1.82, 2.24) is 9.97 Å². The van der Waals surface area contributed by atoms with Crippen LogP contribution < -0.4 is 5.32 Å². The molecule has 0 amide bonds. The smallest absolute Gasteiger partial charge is 0.376 e. The summed E-state index contributed by atoms with van der Waals surface area (Å²) in [5.41, 5.74) is 0.740. The summed E-state index contributed by atoms with van der Waals surface area (Å²) in [6, 6.07) is 2.11. The molecule has 0 radical (unpaired) electrons. The highest BCUT2D eigenvalue weighted by Crippen LogP contribution is 2.14. The van der Waals surface area contributed by atoms with E-state index in [-0.39, 0.29) is 11.9 Å². The third-order valence-corrected chi connectivity index (χ3v) is 3.10. The van der Waals surface area contributed by atoms with Gasteiger partial charge in [-0.25, -0.2) is 14.8 Å². The zero-order valence-corrected chi connectivity index (χ0v) is 11.7. The quantitative estimate of drug-likeness (QED) is 0.814. The van der Waals surface area contributed by atoms with Gasteiger partial charge >= 0.3 is 5.97 Å². The van der Waals surface area contributed by atoms with E-state index in [1.807, 2.05) is 13.0 Å². The Kier molecular flexibility index (Phi) is 5.07. The molecule has 0 aliphatic carbocycles. The van der Waals surface area contributed by atoms with E-state index in [1.54, 1.807) is 0 Å². The molecule has 0 aliphatic heterocycles. The normalized spacial score (nSPS) is 13.8. The molecule has 1 N–H and O–H groups in total. The molecule has 1 heterocycles. The van der Waals surface area contributed by atoms with Gasteiger partial charge in [0.2, 0.25) is 5.82 Å². The van der Waals surface area contributed by atoms with E-state index in [0.29, 0.717) is 11.7 Å². The van der Waals surface area contributed by atoms with Gasteiger partial charge in [-0.1, -0.05) is 20.3 Å². The van der Waals surface area contributed by atoms with E-state index in [1.165, 1.54) is 7.11 Å². The van der Waals surface area contributed by atoms with E-state index >= 15 is 0 Å². The molecule has 5 nitrogen and oxygen atoms in total. The van der Waals surface area contributed by atoms with Crippen molar-refractivity contribution in [3.05, 3.63) is 17.6 Å². The zero-order valence-electron chi connectivity index (χ0n) is 11.7. The minimum absolute atomic E-state index is 0.0938. The second kappa shape index (κ2) is 6.33. The van der Waals surface area contributed by atoms with Gasteiger partial charge in [0.1, 0.15) is 5.82 Å². The van der Waals surface area contributed by atoms with Gasteiger partial charge < -0.3 is 10.1 Å². The Hall–Kier alpha value is -1.65. The highest BCUT2D eigenvalue weighted by molar-refractivity contribution is 5.85. The molecule has 0 bridgehead atoms. The van der Waals surface area contributed by atoms with Gasteiger partial charge in [-0.3, -0.25) is 0 Å². The molecule has 2 unspecified atom stereocenters. The van der Waals surface area contributed by atoms with Crippen molar-refractivity contribution in [3.8, 4) is 0 Å². The number of hydrogen-bond donors (Lipinski definition) is 1. The number of aromatic nitrogens is 2. The largest absolute Gasteiger partial charge is 0.463 e. The molecule has 5 heteroatoms. The molecule has 1 aromatic heterocycles. The lowest BCUT2D eigenvalue weighted by Gasteiger charge is -2.20. The summed E-state index contributed by atoms with van der Waals surface area (Å²) in [5, 5.41) is 3.29. The lowest BCUT2D eigenvalue weighted by molar-refractivity contribution is 0.0586. The van der Waals surface area contributed by atoms with Gasteiger partial charge in [0.05, 0.1) is 7.11 Å². The van der Waals surface area contributed by atoms with Gasteiger partial charge in [-0.15, -0.1) is 0 Å². The van der Waals surface area contributed by atoms with Crippen molar-refractivity contribution in [3.63, 3.8) is 0 Å². The molecule has 0 spiro atoms. The van der Waals surface area contributed by atoms with E-state index < -0.39 is 5.97 Å². The van der Waals surface area contributed by atoms with Crippen LogP contribution in [-0.2, 0) is 4.74 Å². The topological polar surface area (TPSA) is 64.1 Å². The first-order valence-corrected chi connectivity index (χ1v) is 6.18. The minimum Gasteiger partial charge on any atom is -0.463 e. The van der Waals surface area contributed by atoms with E-state index in [9.17, 15) is 4.79 Å². The Morgan fingerprint density at radius 3 is 2.67 bits per heavy atom. The Balaban J connectivity index is 2.89. The van der Waals surface area contributed by atoms with Gasteiger partial charge in [0.25, 0.3) is 0 Å². The standard InChI is InChI=1S/C13H21N3O2/c1-6-8(2)10(4)15-11-7-9(3)14-12(16-11)13(17)18-5/h7-8,10H,6H2,1-5H3,(H,14,15,16). The van der Waals surface area contributed by atoms with Crippen molar-refractivity contribution < 1.29 is 9.53 Å². The first-order chi connectivity index (χ1) is 8.47. The Morgan fingerprint density at radius 1 is 1.44 bits per heavy atom. The monoisotopic (exact) mass is 251 g/mol. The van der Waals surface area contributed by atoms with Crippen LogP contribution in [0.15, 0.2) is 6.07 Å². The van der Waals surface area contributed by atoms with Crippen LogP contribution in [0.4, 0.5) is 5.82 Å². The Bertz CT molecular complexity index is 421. The predicted molar refractivity (Wildman–Crippen MR) is 70.6 cm³/mol. The number of nitrogens with one attached hydrogen (secondary N) is 1. The van der Waals surface area contributed by atoms with E-state index in [0.717, 1.165) is 12.1 Å². The summed E-state index contributed by atoms with van der Waals surface area (Å²) in [6.07, 6.45) is 1.09. The maximum atomic E-state index is 11.4. The molecular formula is C13H21N3O2. The van der Waals surface area contributed by atoms with Crippen LogP contribution in [0.25, 0.3) is 0 Å². The number of ether oxygens (including phenoxy) is 1. The van der Waals surface area contributed by atoms with Gasteiger partial charge in [0.15, 0.2) is 0 Å². The summed E-state index contributed by atoms with van der Waals surface area (Å²) < 4.78 is 4.63. The van der Waals surface area contributed by atoms with Crippen molar-refractivity contribution in [2.24, 2.45) is 5.92 Å². The third kappa shape index (κ3) is 3.68. The number of nitrogens with zero attached hydrogens (tertiary/aromatic N) is 2. The molecule has 0 saturated heterocycles. The Labute approximate surface area is 108 Å². The molecule has 18 heavy (non-hydrogen) atoms. The molecule has 2 atom stereocenters. The number of aryl methyl sites for hydroxylation is 1. The number of carbonyl (C=O) groups excluding carboxylic acids is 1. The molecule has 0 fully saturated rings.